The lowest BCUT2D eigenvalue weighted by Gasteiger charge is -2.09. The van der Waals surface area contributed by atoms with Gasteiger partial charge < -0.3 is 18.6 Å². The van der Waals surface area contributed by atoms with Crippen LogP contribution in [0.3, 0.4) is 0 Å². The monoisotopic (exact) mass is 384 g/mol. The van der Waals surface area contributed by atoms with Crippen molar-refractivity contribution in [2.24, 2.45) is 0 Å². The number of ether oxygens (including phenoxy) is 3. The highest BCUT2D eigenvalue weighted by Crippen LogP contribution is 2.38. The van der Waals surface area contributed by atoms with Crippen molar-refractivity contribution in [1.29, 1.82) is 0 Å². The molecule has 1 aromatic carbocycles. The largest absolute Gasteiger partial charge is 0.489 e. The molecule has 3 heterocycles. The third-order valence-electron chi connectivity index (χ3n) is 4.01. The number of esters is 1. The van der Waals surface area contributed by atoms with Gasteiger partial charge in [-0.3, -0.25) is 0 Å². The van der Waals surface area contributed by atoms with Gasteiger partial charge in [-0.15, -0.1) is 0 Å². The summed E-state index contributed by atoms with van der Waals surface area (Å²) in [7, 11) is 0. The number of carbonyl (C=O) groups is 1. The number of fused-ring (bicyclic) bond motifs is 2. The van der Waals surface area contributed by atoms with E-state index in [1.165, 1.54) is 6.08 Å². The van der Waals surface area contributed by atoms with Crippen LogP contribution in [0.4, 0.5) is 0 Å². The summed E-state index contributed by atoms with van der Waals surface area (Å²) in [5.74, 6) is 0.661. The first-order valence-corrected chi connectivity index (χ1v) is 8.93. The molecule has 0 unspecified atom stereocenters. The van der Waals surface area contributed by atoms with E-state index in [4.69, 9.17) is 25.8 Å². The molecule has 3 aromatic rings. The second-order valence-corrected chi connectivity index (χ2v) is 6.43. The zero-order valence-electron chi connectivity index (χ0n) is 14.4. The van der Waals surface area contributed by atoms with E-state index in [9.17, 15) is 4.79 Å². The number of halogens is 1. The molecule has 1 aliphatic rings. The number of hydrogen-bond donors (Lipinski definition) is 0. The van der Waals surface area contributed by atoms with Crippen LogP contribution >= 0.6 is 11.6 Å². The fraction of sp³-hybridized carbons (Fsp3) is 0.200. The zero-order chi connectivity index (χ0) is 18.6. The maximum absolute atomic E-state index is 12.0. The average molecular weight is 385 g/mol. The van der Waals surface area contributed by atoms with Gasteiger partial charge in [-0.1, -0.05) is 17.7 Å². The summed E-state index contributed by atoms with van der Waals surface area (Å²) >= 11 is 6.25. The molecule has 0 saturated carbocycles. The molecule has 0 fully saturated rings. The molecule has 0 atom stereocenters. The van der Waals surface area contributed by atoms with Crippen molar-refractivity contribution in [1.82, 2.24) is 9.38 Å². The molecule has 1 aliphatic heterocycles. The minimum absolute atomic E-state index is 0.104. The van der Waals surface area contributed by atoms with E-state index in [0.29, 0.717) is 35.4 Å². The first-order valence-electron chi connectivity index (χ1n) is 8.56. The van der Waals surface area contributed by atoms with Crippen LogP contribution in [0.5, 0.6) is 11.5 Å². The van der Waals surface area contributed by atoms with E-state index in [0.717, 1.165) is 17.6 Å². The second-order valence-electron chi connectivity index (χ2n) is 6.02. The molecule has 6 nitrogen and oxygen atoms in total. The molecule has 0 radical (unpaired) electrons. The Morgan fingerprint density at radius 2 is 2.19 bits per heavy atom. The third-order valence-corrected chi connectivity index (χ3v) is 4.29. The molecule has 0 amide bonds. The Balaban J connectivity index is 1.41. The van der Waals surface area contributed by atoms with Crippen LogP contribution in [-0.4, -0.2) is 28.6 Å². The molecule has 4 rings (SSSR count). The Bertz CT molecular complexity index is 979. The molecule has 0 N–H and O–H groups in total. The summed E-state index contributed by atoms with van der Waals surface area (Å²) < 4.78 is 18.4. The Labute approximate surface area is 160 Å². The predicted molar refractivity (Wildman–Crippen MR) is 101 cm³/mol. The highest BCUT2D eigenvalue weighted by molar-refractivity contribution is 6.32. The molecular weight excluding hydrogens is 368 g/mol. The fourth-order valence-electron chi connectivity index (χ4n) is 2.76. The van der Waals surface area contributed by atoms with Crippen molar-refractivity contribution in [2.75, 3.05) is 13.2 Å². The fourth-order valence-corrected chi connectivity index (χ4v) is 3.03. The predicted octanol–water partition coefficient (Wildman–Crippen LogP) is 3.91. The van der Waals surface area contributed by atoms with E-state index in [2.05, 4.69) is 4.98 Å². The first kappa shape index (κ1) is 17.4. The van der Waals surface area contributed by atoms with Crippen LogP contribution < -0.4 is 9.47 Å². The van der Waals surface area contributed by atoms with Gasteiger partial charge in [-0.25, -0.2) is 9.78 Å². The van der Waals surface area contributed by atoms with Crippen LogP contribution in [0.25, 0.3) is 11.7 Å². The van der Waals surface area contributed by atoms with Gasteiger partial charge in [0.15, 0.2) is 11.5 Å². The van der Waals surface area contributed by atoms with Gasteiger partial charge >= 0.3 is 5.97 Å². The SMILES string of the molecule is O=C(/C=C/c1cc(Cl)c2c(c1)OCCCO2)OCc1cn2ccccc2n1. The van der Waals surface area contributed by atoms with E-state index in [1.54, 1.807) is 18.2 Å². The molecule has 0 spiro atoms. The summed E-state index contributed by atoms with van der Waals surface area (Å²) in [6.07, 6.45) is 7.50. The quantitative estimate of drug-likeness (QED) is 0.504. The number of benzene rings is 1. The number of imidazole rings is 1. The third kappa shape index (κ3) is 4.06. The van der Waals surface area contributed by atoms with E-state index in [1.807, 2.05) is 35.0 Å². The highest BCUT2D eigenvalue weighted by Gasteiger charge is 2.15. The lowest BCUT2D eigenvalue weighted by atomic mass is 10.2. The lowest BCUT2D eigenvalue weighted by Crippen LogP contribution is -2.01. The van der Waals surface area contributed by atoms with Crippen molar-refractivity contribution >= 4 is 29.3 Å². The first-order chi connectivity index (χ1) is 13.2. The van der Waals surface area contributed by atoms with Crippen molar-refractivity contribution < 1.29 is 19.0 Å². The number of carbonyl (C=O) groups excluding carboxylic acids is 1. The smallest absolute Gasteiger partial charge is 0.331 e. The Hall–Kier alpha value is -2.99. The Kier molecular flexibility index (Phi) is 4.98. The van der Waals surface area contributed by atoms with E-state index < -0.39 is 5.97 Å². The number of hydrogen-bond acceptors (Lipinski definition) is 5. The molecule has 0 bridgehead atoms. The van der Waals surface area contributed by atoms with Gasteiger partial charge in [-0.05, 0) is 35.9 Å². The maximum atomic E-state index is 12.0. The zero-order valence-corrected chi connectivity index (χ0v) is 15.2. The van der Waals surface area contributed by atoms with E-state index in [-0.39, 0.29) is 6.61 Å². The van der Waals surface area contributed by atoms with Crippen molar-refractivity contribution in [2.45, 2.75) is 13.0 Å². The number of nitrogens with zero attached hydrogens (tertiary/aromatic N) is 2. The number of pyridine rings is 1. The summed E-state index contributed by atoms with van der Waals surface area (Å²) in [6.45, 7) is 1.24. The highest BCUT2D eigenvalue weighted by atomic mass is 35.5. The summed E-state index contributed by atoms with van der Waals surface area (Å²) in [5.41, 5.74) is 2.22. The number of aromatic nitrogens is 2. The maximum Gasteiger partial charge on any atom is 0.331 e. The molecule has 0 saturated heterocycles. The molecule has 27 heavy (non-hydrogen) atoms. The standard InChI is InChI=1S/C20H17ClN2O4/c21-16-10-14(11-17-20(16)26-9-3-8-25-17)5-6-19(24)27-13-15-12-23-7-2-1-4-18(23)22-15/h1-2,4-7,10-12H,3,8-9,13H2/b6-5+. The van der Waals surface area contributed by atoms with E-state index >= 15 is 0 Å². The Morgan fingerprint density at radius 3 is 3.07 bits per heavy atom. The van der Waals surface area contributed by atoms with Crippen LogP contribution in [0, 0.1) is 0 Å². The minimum Gasteiger partial charge on any atom is -0.489 e. The molecular formula is C20H17ClN2O4. The van der Waals surface area contributed by atoms with Gasteiger partial charge in [0.25, 0.3) is 0 Å². The topological polar surface area (TPSA) is 62.1 Å². The molecule has 2 aromatic heterocycles. The van der Waals surface area contributed by atoms with Crippen LogP contribution in [0.15, 0.2) is 48.8 Å². The van der Waals surface area contributed by atoms with Gasteiger partial charge in [0.05, 0.1) is 23.9 Å². The second kappa shape index (κ2) is 7.72. The molecule has 138 valence electrons. The number of rotatable bonds is 4. The summed E-state index contributed by atoms with van der Waals surface area (Å²) in [6, 6.07) is 9.22. The van der Waals surface area contributed by atoms with Crippen molar-refractivity contribution in [3.63, 3.8) is 0 Å². The molecule has 0 aliphatic carbocycles. The summed E-state index contributed by atoms with van der Waals surface area (Å²) in [5, 5.41) is 0.451. The van der Waals surface area contributed by atoms with Gasteiger partial charge in [0, 0.05) is 24.9 Å². The average Bonchev–Trinajstić information content (AvgIpc) is 2.93. The normalized spacial score (nSPS) is 13.7. The van der Waals surface area contributed by atoms with Gasteiger partial charge in [-0.2, -0.15) is 0 Å². The van der Waals surface area contributed by atoms with Crippen LogP contribution in [0.1, 0.15) is 17.7 Å². The van der Waals surface area contributed by atoms with Crippen molar-refractivity contribution in [3.8, 4) is 11.5 Å². The van der Waals surface area contributed by atoms with Gasteiger partial charge in [0.2, 0.25) is 0 Å². The van der Waals surface area contributed by atoms with Crippen LogP contribution in [0.2, 0.25) is 5.02 Å². The lowest BCUT2D eigenvalue weighted by molar-refractivity contribution is -0.139. The minimum atomic E-state index is -0.463. The summed E-state index contributed by atoms with van der Waals surface area (Å²) in [4.78, 5) is 16.4. The Morgan fingerprint density at radius 1 is 1.30 bits per heavy atom. The molecule has 7 heteroatoms. The van der Waals surface area contributed by atoms with Crippen molar-refractivity contribution in [3.05, 3.63) is 65.1 Å². The van der Waals surface area contributed by atoms with Crippen LogP contribution in [-0.2, 0) is 16.1 Å². The van der Waals surface area contributed by atoms with Gasteiger partial charge in [0.1, 0.15) is 12.3 Å².